The second-order valence-electron chi connectivity index (χ2n) is 3.22. The molecular formula is C10H4ClF3N2O. The first-order valence-corrected chi connectivity index (χ1v) is 4.79. The maximum atomic E-state index is 12.4. The van der Waals surface area contributed by atoms with Crippen LogP contribution < -0.4 is 0 Å². The average molecular weight is 261 g/mol. The Morgan fingerprint density at radius 1 is 1.18 bits per heavy atom. The lowest BCUT2D eigenvalue weighted by Crippen LogP contribution is -2.05. The zero-order chi connectivity index (χ0) is 12.6. The van der Waals surface area contributed by atoms with Crippen LogP contribution in [0, 0.1) is 0 Å². The van der Waals surface area contributed by atoms with Gasteiger partial charge in [0.25, 0.3) is 0 Å². The summed E-state index contributed by atoms with van der Waals surface area (Å²) in [5.74, 6) is 0. The number of hydrogen-bond acceptors (Lipinski definition) is 3. The van der Waals surface area contributed by atoms with Gasteiger partial charge in [0, 0.05) is 0 Å². The molecule has 0 fully saturated rings. The van der Waals surface area contributed by atoms with E-state index >= 15 is 0 Å². The number of fused-ring (bicyclic) bond motifs is 1. The molecule has 0 radical (unpaired) electrons. The van der Waals surface area contributed by atoms with Crippen molar-refractivity contribution in [3.05, 3.63) is 34.6 Å². The van der Waals surface area contributed by atoms with E-state index in [1.807, 2.05) is 0 Å². The number of carbonyl (C=O) groups excluding carboxylic acids is 1. The second-order valence-corrected chi connectivity index (χ2v) is 3.58. The third-order valence-corrected chi connectivity index (χ3v) is 2.36. The van der Waals surface area contributed by atoms with Gasteiger partial charge < -0.3 is 0 Å². The topological polar surface area (TPSA) is 42.9 Å². The molecule has 1 heterocycles. The van der Waals surface area contributed by atoms with Crippen molar-refractivity contribution in [1.29, 1.82) is 0 Å². The Hall–Kier alpha value is -1.69. The molecule has 0 bridgehead atoms. The standard InChI is InChI=1S/C10H4ClF3N2O/c11-9-8(4-17)15-7-3-5(10(12,13)14)1-2-6(7)16-9/h1-4H. The van der Waals surface area contributed by atoms with Gasteiger partial charge in [-0.1, -0.05) is 11.6 Å². The molecule has 0 N–H and O–H groups in total. The van der Waals surface area contributed by atoms with Crippen molar-refractivity contribution in [2.45, 2.75) is 6.18 Å². The number of aldehydes is 1. The normalized spacial score (nSPS) is 11.8. The lowest BCUT2D eigenvalue weighted by Gasteiger charge is -2.07. The highest BCUT2D eigenvalue weighted by atomic mass is 35.5. The van der Waals surface area contributed by atoms with Gasteiger partial charge in [-0.25, -0.2) is 9.97 Å². The number of benzene rings is 1. The highest BCUT2D eigenvalue weighted by molar-refractivity contribution is 6.31. The molecule has 0 spiro atoms. The van der Waals surface area contributed by atoms with Gasteiger partial charge in [0.15, 0.2) is 11.4 Å². The van der Waals surface area contributed by atoms with Crippen LogP contribution in [-0.4, -0.2) is 16.3 Å². The first kappa shape index (κ1) is 11.8. The molecule has 7 heteroatoms. The molecule has 0 saturated carbocycles. The van der Waals surface area contributed by atoms with E-state index in [2.05, 4.69) is 9.97 Å². The highest BCUT2D eigenvalue weighted by Gasteiger charge is 2.30. The fraction of sp³-hybridized carbons (Fsp3) is 0.100. The zero-order valence-corrected chi connectivity index (χ0v) is 8.88. The summed E-state index contributed by atoms with van der Waals surface area (Å²) < 4.78 is 37.3. The first-order chi connectivity index (χ1) is 7.91. The molecule has 0 saturated heterocycles. The molecule has 0 atom stereocenters. The van der Waals surface area contributed by atoms with Gasteiger partial charge in [-0.15, -0.1) is 0 Å². The van der Waals surface area contributed by atoms with E-state index in [1.165, 1.54) is 0 Å². The maximum Gasteiger partial charge on any atom is 0.416 e. The Balaban J connectivity index is 2.69. The number of hydrogen-bond donors (Lipinski definition) is 0. The predicted octanol–water partition coefficient (Wildman–Crippen LogP) is 3.11. The molecule has 0 amide bonds. The monoisotopic (exact) mass is 260 g/mol. The Morgan fingerprint density at radius 2 is 1.88 bits per heavy atom. The number of rotatable bonds is 1. The van der Waals surface area contributed by atoms with Crippen molar-refractivity contribution < 1.29 is 18.0 Å². The minimum atomic E-state index is -4.46. The molecule has 3 nitrogen and oxygen atoms in total. The van der Waals surface area contributed by atoms with Crippen molar-refractivity contribution in [2.75, 3.05) is 0 Å². The van der Waals surface area contributed by atoms with Gasteiger partial charge in [0.2, 0.25) is 0 Å². The molecular weight excluding hydrogens is 257 g/mol. The fourth-order valence-corrected chi connectivity index (χ4v) is 1.48. The molecule has 0 aliphatic rings. The summed E-state index contributed by atoms with van der Waals surface area (Å²) in [5.41, 5.74) is -0.850. The van der Waals surface area contributed by atoms with Crippen LogP contribution >= 0.6 is 11.6 Å². The van der Waals surface area contributed by atoms with Gasteiger partial charge in [0.05, 0.1) is 16.6 Å². The van der Waals surface area contributed by atoms with E-state index in [0.717, 1.165) is 18.2 Å². The summed E-state index contributed by atoms with van der Waals surface area (Å²) >= 11 is 5.61. The number of aromatic nitrogens is 2. The quantitative estimate of drug-likeness (QED) is 0.740. The third-order valence-electron chi connectivity index (χ3n) is 2.09. The van der Waals surface area contributed by atoms with Crippen LogP contribution in [0.5, 0.6) is 0 Å². The Morgan fingerprint density at radius 3 is 2.47 bits per heavy atom. The summed E-state index contributed by atoms with van der Waals surface area (Å²) in [6.07, 6.45) is -4.12. The van der Waals surface area contributed by atoms with E-state index < -0.39 is 11.7 Å². The van der Waals surface area contributed by atoms with Crippen LogP contribution in [0.2, 0.25) is 5.15 Å². The molecule has 1 aromatic heterocycles. The Labute approximate surface area is 98.2 Å². The van der Waals surface area contributed by atoms with Crippen LogP contribution in [0.15, 0.2) is 18.2 Å². The summed E-state index contributed by atoms with van der Waals surface area (Å²) in [6, 6.07) is 2.87. The summed E-state index contributed by atoms with van der Waals surface area (Å²) in [6.45, 7) is 0. The summed E-state index contributed by atoms with van der Waals surface area (Å²) in [5, 5.41) is -0.132. The minimum Gasteiger partial charge on any atom is -0.296 e. The molecule has 2 aromatic rings. The maximum absolute atomic E-state index is 12.4. The molecule has 88 valence electrons. The lowest BCUT2D eigenvalue weighted by molar-refractivity contribution is -0.137. The third kappa shape index (κ3) is 2.21. The van der Waals surface area contributed by atoms with Gasteiger partial charge >= 0.3 is 6.18 Å². The van der Waals surface area contributed by atoms with Crippen molar-refractivity contribution >= 4 is 28.9 Å². The van der Waals surface area contributed by atoms with Crippen molar-refractivity contribution in [3.63, 3.8) is 0 Å². The number of halogens is 4. The molecule has 0 aliphatic heterocycles. The molecule has 0 unspecified atom stereocenters. The van der Waals surface area contributed by atoms with Crippen molar-refractivity contribution in [2.24, 2.45) is 0 Å². The molecule has 1 aromatic carbocycles. The predicted molar refractivity (Wildman–Crippen MR) is 54.9 cm³/mol. The number of nitrogens with zero attached hydrogens (tertiary/aromatic N) is 2. The zero-order valence-electron chi connectivity index (χ0n) is 8.12. The van der Waals surface area contributed by atoms with Crippen molar-refractivity contribution in [1.82, 2.24) is 9.97 Å². The van der Waals surface area contributed by atoms with Gasteiger partial charge in [-0.3, -0.25) is 4.79 Å². The minimum absolute atomic E-state index is 0.0219. The lowest BCUT2D eigenvalue weighted by atomic mass is 10.2. The van der Waals surface area contributed by atoms with E-state index in [9.17, 15) is 18.0 Å². The van der Waals surface area contributed by atoms with Crippen LogP contribution in [0.4, 0.5) is 13.2 Å². The van der Waals surface area contributed by atoms with Gasteiger partial charge in [-0.05, 0) is 18.2 Å². The second kappa shape index (κ2) is 3.96. The summed E-state index contributed by atoms with van der Waals surface area (Å²) in [7, 11) is 0. The average Bonchev–Trinajstić information content (AvgIpc) is 2.26. The van der Waals surface area contributed by atoms with Gasteiger partial charge in [-0.2, -0.15) is 13.2 Å². The largest absolute Gasteiger partial charge is 0.416 e. The highest BCUT2D eigenvalue weighted by Crippen LogP contribution is 2.31. The van der Waals surface area contributed by atoms with Gasteiger partial charge in [0.1, 0.15) is 5.69 Å². The molecule has 0 aliphatic carbocycles. The van der Waals surface area contributed by atoms with Crippen LogP contribution in [0.3, 0.4) is 0 Å². The van der Waals surface area contributed by atoms with E-state index in [-0.39, 0.29) is 21.9 Å². The molecule has 2 rings (SSSR count). The first-order valence-electron chi connectivity index (χ1n) is 4.41. The van der Waals surface area contributed by atoms with Crippen LogP contribution in [0.25, 0.3) is 11.0 Å². The number of carbonyl (C=O) groups is 1. The van der Waals surface area contributed by atoms with Crippen LogP contribution in [-0.2, 0) is 6.18 Å². The smallest absolute Gasteiger partial charge is 0.296 e. The molecule has 17 heavy (non-hydrogen) atoms. The van der Waals surface area contributed by atoms with E-state index in [1.54, 1.807) is 0 Å². The Bertz CT molecular complexity index is 598. The van der Waals surface area contributed by atoms with Crippen LogP contribution in [0.1, 0.15) is 16.1 Å². The van der Waals surface area contributed by atoms with Crippen molar-refractivity contribution in [3.8, 4) is 0 Å². The Kier molecular flexibility index (Phi) is 2.74. The number of alkyl halides is 3. The SMILES string of the molecule is O=Cc1nc2cc(C(F)(F)F)ccc2nc1Cl. The summed E-state index contributed by atoms with van der Waals surface area (Å²) in [4.78, 5) is 18.0. The van der Waals surface area contributed by atoms with E-state index in [0.29, 0.717) is 6.29 Å². The van der Waals surface area contributed by atoms with E-state index in [4.69, 9.17) is 11.6 Å². The fourth-order valence-electron chi connectivity index (χ4n) is 1.30.